The van der Waals surface area contributed by atoms with Crippen LogP contribution in [0, 0.1) is 0 Å². The van der Waals surface area contributed by atoms with Gasteiger partial charge in [0.15, 0.2) is 0 Å². The molecule has 0 spiro atoms. The molecular weight excluding hydrogens is 354 g/mol. The number of carbonyl (C=O) groups excluding carboxylic acids is 1. The van der Waals surface area contributed by atoms with E-state index in [1.807, 2.05) is 54.6 Å². The van der Waals surface area contributed by atoms with Crippen LogP contribution in [-0.2, 0) is 11.3 Å². The highest BCUT2D eigenvalue weighted by atomic mass is 16.5. The van der Waals surface area contributed by atoms with Crippen LogP contribution in [0.2, 0.25) is 0 Å². The molecule has 28 heavy (non-hydrogen) atoms. The molecule has 144 valence electrons. The number of hydrogen-bond acceptors (Lipinski definition) is 4. The highest BCUT2D eigenvalue weighted by Gasteiger charge is 2.08. The molecule has 3 aromatic carbocycles. The minimum absolute atomic E-state index is 0.209. The van der Waals surface area contributed by atoms with Crippen molar-refractivity contribution in [1.29, 1.82) is 0 Å². The number of rotatable bonds is 9. The van der Waals surface area contributed by atoms with Crippen molar-refractivity contribution in [3.63, 3.8) is 0 Å². The third-order valence-corrected chi connectivity index (χ3v) is 3.99. The van der Waals surface area contributed by atoms with Gasteiger partial charge in [0.1, 0.15) is 24.7 Å². The van der Waals surface area contributed by atoms with Crippen LogP contribution < -0.4 is 14.8 Å². The first kappa shape index (κ1) is 19.5. The first-order valence-corrected chi connectivity index (χ1v) is 9.04. The second kappa shape index (κ2) is 10.1. The summed E-state index contributed by atoms with van der Waals surface area (Å²) < 4.78 is 16.3. The zero-order valence-corrected chi connectivity index (χ0v) is 15.8. The van der Waals surface area contributed by atoms with E-state index in [4.69, 9.17) is 14.2 Å². The van der Waals surface area contributed by atoms with Crippen LogP contribution in [0.3, 0.4) is 0 Å². The Morgan fingerprint density at radius 2 is 1.57 bits per heavy atom. The van der Waals surface area contributed by atoms with Gasteiger partial charge in [-0.3, -0.25) is 4.79 Å². The maximum absolute atomic E-state index is 12.6. The minimum Gasteiger partial charge on any atom is -0.491 e. The molecule has 3 aromatic rings. The minimum atomic E-state index is -0.209. The van der Waals surface area contributed by atoms with Crippen molar-refractivity contribution in [2.24, 2.45) is 0 Å². The summed E-state index contributed by atoms with van der Waals surface area (Å²) in [5, 5.41) is 2.88. The molecule has 0 unspecified atom stereocenters. The van der Waals surface area contributed by atoms with Crippen LogP contribution in [0.15, 0.2) is 78.9 Å². The van der Waals surface area contributed by atoms with Gasteiger partial charge in [-0.1, -0.05) is 42.5 Å². The lowest BCUT2D eigenvalue weighted by Crippen LogP contribution is -2.12. The van der Waals surface area contributed by atoms with Gasteiger partial charge in [0.05, 0.1) is 6.61 Å². The van der Waals surface area contributed by atoms with Crippen LogP contribution >= 0.6 is 0 Å². The van der Waals surface area contributed by atoms with Gasteiger partial charge >= 0.3 is 0 Å². The Morgan fingerprint density at radius 1 is 0.821 bits per heavy atom. The Hall–Kier alpha value is -3.31. The topological polar surface area (TPSA) is 56.8 Å². The predicted molar refractivity (Wildman–Crippen MR) is 109 cm³/mol. The standard InChI is InChI=1S/C23H23NO4/c1-26-13-14-27-22-12-6-10-20(16-22)24-23(25)19-9-5-11-21(15-19)28-17-18-7-3-2-4-8-18/h2-12,15-16H,13-14,17H2,1H3,(H,24,25). The zero-order chi connectivity index (χ0) is 19.6. The second-order valence-electron chi connectivity index (χ2n) is 6.13. The molecule has 0 saturated heterocycles. The smallest absolute Gasteiger partial charge is 0.255 e. The summed E-state index contributed by atoms with van der Waals surface area (Å²) in [5.41, 5.74) is 2.26. The summed E-state index contributed by atoms with van der Waals surface area (Å²) in [7, 11) is 1.62. The largest absolute Gasteiger partial charge is 0.491 e. The van der Waals surface area contributed by atoms with Gasteiger partial charge in [-0.15, -0.1) is 0 Å². The van der Waals surface area contributed by atoms with Gasteiger partial charge in [-0.05, 0) is 35.9 Å². The molecule has 1 amide bonds. The first-order chi connectivity index (χ1) is 13.7. The summed E-state index contributed by atoms with van der Waals surface area (Å²) >= 11 is 0. The van der Waals surface area contributed by atoms with Gasteiger partial charge in [-0.2, -0.15) is 0 Å². The molecule has 0 heterocycles. The van der Waals surface area contributed by atoms with E-state index in [0.717, 1.165) is 5.56 Å². The summed E-state index contributed by atoms with van der Waals surface area (Å²) in [6.07, 6.45) is 0. The molecule has 5 heteroatoms. The molecule has 0 saturated carbocycles. The molecule has 0 aromatic heterocycles. The number of ether oxygens (including phenoxy) is 3. The van der Waals surface area contributed by atoms with Gasteiger partial charge < -0.3 is 19.5 Å². The van der Waals surface area contributed by atoms with E-state index in [9.17, 15) is 4.79 Å². The Bertz CT molecular complexity index is 896. The van der Waals surface area contributed by atoms with E-state index in [1.165, 1.54) is 0 Å². The van der Waals surface area contributed by atoms with Crippen LogP contribution in [0.1, 0.15) is 15.9 Å². The van der Waals surface area contributed by atoms with Crippen LogP contribution in [-0.4, -0.2) is 26.2 Å². The van der Waals surface area contributed by atoms with E-state index in [-0.39, 0.29) is 5.91 Å². The Labute approximate surface area is 164 Å². The van der Waals surface area contributed by atoms with Gasteiger partial charge in [0, 0.05) is 24.4 Å². The maximum atomic E-state index is 12.6. The number of anilines is 1. The molecular formula is C23H23NO4. The number of nitrogens with one attached hydrogen (secondary N) is 1. The molecule has 0 aliphatic heterocycles. The van der Waals surface area contributed by atoms with Crippen LogP contribution in [0.5, 0.6) is 11.5 Å². The van der Waals surface area contributed by atoms with E-state index < -0.39 is 0 Å². The summed E-state index contributed by atoms with van der Waals surface area (Å²) in [5.74, 6) is 1.11. The van der Waals surface area contributed by atoms with Crippen molar-refractivity contribution in [2.75, 3.05) is 25.6 Å². The fourth-order valence-electron chi connectivity index (χ4n) is 2.58. The molecule has 1 N–H and O–H groups in total. The normalized spacial score (nSPS) is 10.3. The highest BCUT2D eigenvalue weighted by molar-refractivity contribution is 6.04. The average Bonchev–Trinajstić information content (AvgIpc) is 2.74. The van der Waals surface area contributed by atoms with Crippen molar-refractivity contribution in [2.45, 2.75) is 6.61 Å². The third kappa shape index (κ3) is 5.86. The molecule has 0 aliphatic carbocycles. The Balaban J connectivity index is 1.60. The average molecular weight is 377 g/mol. The number of methoxy groups -OCH3 is 1. The molecule has 5 nitrogen and oxygen atoms in total. The number of amides is 1. The fourth-order valence-corrected chi connectivity index (χ4v) is 2.58. The summed E-state index contributed by atoms with van der Waals surface area (Å²) in [4.78, 5) is 12.6. The van der Waals surface area contributed by atoms with Gasteiger partial charge in [0.25, 0.3) is 5.91 Å². The quantitative estimate of drug-likeness (QED) is 0.556. The monoisotopic (exact) mass is 377 g/mol. The predicted octanol–water partition coefficient (Wildman–Crippen LogP) is 4.54. The van der Waals surface area contributed by atoms with Crippen molar-refractivity contribution < 1.29 is 19.0 Å². The lowest BCUT2D eigenvalue weighted by atomic mass is 10.2. The molecule has 0 bridgehead atoms. The maximum Gasteiger partial charge on any atom is 0.255 e. The zero-order valence-electron chi connectivity index (χ0n) is 15.8. The SMILES string of the molecule is COCCOc1cccc(NC(=O)c2cccc(OCc3ccccc3)c2)c1. The van der Waals surface area contributed by atoms with Gasteiger partial charge in [-0.25, -0.2) is 0 Å². The molecule has 3 rings (SSSR count). The number of hydrogen-bond donors (Lipinski definition) is 1. The summed E-state index contributed by atoms with van der Waals surface area (Å²) in [6.45, 7) is 1.41. The third-order valence-electron chi connectivity index (χ3n) is 3.99. The van der Waals surface area contributed by atoms with E-state index in [1.54, 1.807) is 31.4 Å². The fraction of sp³-hybridized carbons (Fsp3) is 0.174. The van der Waals surface area contributed by atoms with E-state index in [2.05, 4.69) is 5.32 Å². The molecule has 0 radical (unpaired) electrons. The number of carbonyl (C=O) groups is 1. The van der Waals surface area contributed by atoms with Gasteiger partial charge in [0.2, 0.25) is 0 Å². The van der Waals surface area contributed by atoms with Crippen LogP contribution in [0.4, 0.5) is 5.69 Å². The Kier molecular flexibility index (Phi) is 7.04. The summed E-state index contributed by atoms with van der Waals surface area (Å²) in [6, 6.07) is 24.3. The Morgan fingerprint density at radius 3 is 2.36 bits per heavy atom. The molecule has 0 fully saturated rings. The van der Waals surface area contributed by atoms with E-state index in [0.29, 0.717) is 42.6 Å². The second-order valence-corrected chi connectivity index (χ2v) is 6.13. The lowest BCUT2D eigenvalue weighted by Gasteiger charge is -2.10. The van der Waals surface area contributed by atoms with E-state index >= 15 is 0 Å². The van der Waals surface area contributed by atoms with Crippen molar-refractivity contribution >= 4 is 11.6 Å². The highest BCUT2D eigenvalue weighted by Crippen LogP contribution is 2.20. The molecule has 0 atom stereocenters. The lowest BCUT2D eigenvalue weighted by molar-refractivity contribution is 0.102. The van der Waals surface area contributed by atoms with Crippen molar-refractivity contribution in [3.8, 4) is 11.5 Å². The van der Waals surface area contributed by atoms with Crippen LogP contribution in [0.25, 0.3) is 0 Å². The molecule has 0 aliphatic rings. The first-order valence-electron chi connectivity index (χ1n) is 9.04. The van der Waals surface area contributed by atoms with Crippen molar-refractivity contribution in [3.05, 3.63) is 90.0 Å². The number of benzene rings is 3. The van der Waals surface area contributed by atoms with Crippen molar-refractivity contribution in [1.82, 2.24) is 0 Å².